The second-order valence-electron chi connectivity index (χ2n) is 6.28. The van der Waals surface area contributed by atoms with Crippen LogP contribution in [0.5, 0.6) is 0 Å². The van der Waals surface area contributed by atoms with Crippen molar-refractivity contribution < 1.29 is 17.6 Å². The predicted octanol–water partition coefficient (Wildman–Crippen LogP) is 4.19. The lowest BCUT2D eigenvalue weighted by Gasteiger charge is -2.07. The van der Waals surface area contributed by atoms with E-state index < -0.39 is 21.6 Å². The van der Waals surface area contributed by atoms with E-state index in [-0.39, 0.29) is 17.1 Å². The zero-order valence-corrected chi connectivity index (χ0v) is 16.3. The third-order valence-corrected chi connectivity index (χ3v) is 5.81. The van der Waals surface area contributed by atoms with Gasteiger partial charge in [0.15, 0.2) is 9.84 Å². The molecule has 29 heavy (non-hydrogen) atoms. The van der Waals surface area contributed by atoms with Crippen LogP contribution in [0.3, 0.4) is 0 Å². The lowest BCUT2D eigenvalue weighted by molar-refractivity contribution is -0.115. The highest BCUT2D eigenvalue weighted by molar-refractivity contribution is 7.91. The number of halogens is 1. The molecule has 5 nitrogen and oxygen atoms in total. The molecule has 0 bridgehead atoms. The summed E-state index contributed by atoms with van der Waals surface area (Å²) >= 11 is 0. The first-order chi connectivity index (χ1) is 13.9. The van der Waals surface area contributed by atoms with Crippen LogP contribution in [0.25, 0.3) is 12.2 Å². The van der Waals surface area contributed by atoms with Crippen LogP contribution in [0, 0.1) is 5.82 Å². The molecule has 0 spiro atoms. The number of rotatable bonds is 7. The van der Waals surface area contributed by atoms with E-state index in [0.29, 0.717) is 5.69 Å². The van der Waals surface area contributed by atoms with Crippen molar-refractivity contribution in [1.29, 1.82) is 0 Å². The molecule has 0 radical (unpaired) electrons. The summed E-state index contributed by atoms with van der Waals surface area (Å²) in [5.41, 5.74) is 2.25. The Morgan fingerprint density at radius 1 is 1.00 bits per heavy atom. The van der Waals surface area contributed by atoms with Gasteiger partial charge in [-0.3, -0.25) is 9.78 Å². The highest BCUT2D eigenvalue weighted by Gasteiger charge is 2.16. The van der Waals surface area contributed by atoms with E-state index in [9.17, 15) is 17.6 Å². The van der Waals surface area contributed by atoms with Crippen molar-refractivity contribution in [2.24, 2.45) is 0 Å². The number of aromatic nitrogens is 1. The Hall–Kier alpha value is -3.32. The molecule has 2 aromatic carbocycles. The largest absolute Gasteiger partial charge is 0.326 e. The number of carbonyl (C=O) groups excluding carboxylic acids is 1. The zero-order chi connectivity index (χ0) is 20.7. The molecule has 1 amide bonds. The minimum atomic E-state index is -3.66. The van der Waals surface area contributed by atoms with Crippen molar-refractivity contribution in [2.75, 3.05) is 11.1 Å². The summed E-state index contributed by atoms with van der Waals surface area (Å²) in [5, 5.41) is 2.70. The fourth-order valence-corrected chi connectivity index (χ4v) is 3.83. The first kappa shape index (κ1) is 20.4. The van der Waals surface area contributed by atoms with Gasteiger partial charge in [0.1, 0.15) is 5.82 Å². The van der Waals surface area contributed by atoms with Crippen molar-refractivity contribution in [1.82, 2.24) is 4.98 Å². The predicted molar refractivity (Wildman–Crippen MR) is 111 cm³/mol. The third kappa shape index (κ3) is 6.08. The van der Waals surface area contributed by atoms with Crippen LogP contribution in [-0.2, 0) is 14.6 Å². The molecule has 1 aromatic heterocycles. The van der Waals surface area contributed by atoms with Crippen LogP contribution >= 0.6 is 0 Å². The van der Waals surface area contributed by atoms with E-state index in [4.69, 9.17) is 0 Å². The maximum absolute atomic E-state index is 12.9. The maximum Gasteiger partial charge on any atom is 0.225 e. The van der Waals surface area contributed by atoms with Crippen LogP contribution in [0.4, 0.5) is 10.1 Å². The minimum absolute atomic E-state index is 0.00615. The van der Waals surface area contributed by atoms with Crippen molar-refractivity contribution >= 4 is 33.6 Å². The summed E-state index contributed by atoms with van der Waals surface area (Å²) in [7, 11) is -3.66. The second kappa shape index (κ2) is 9.25. The molecule has 148 valence electrons. The molecule has 0 fully saturated rings. The van der Waals surface area contributed by atoms with Gasteiger partial charge in [-0.25, -0.2) is 12.8 Å². The molecular formula is C22H19FN2O3S. The number of pyridine rings is 1. The monoisotopic (exact) mass is 410 g/mol. The standard InChI is InChI=1S/C22H19FN2O3S/c23-18-8-11-21(12-9-18)29(27,28)15-13-22(26)25-20-6-3-4-17(16-20)7-10-19-5-1-2-14-24-19/h1-12,14,16H,13,15H2,(H,25,26)/b10-7+. The first-order valence-electron chi connectivity index (χ1n) is 8.90. The van der Waals surface area contributed by atoms with Crippen LogP contribution < -0.4 is 5.32 Å². The molecule has 0 saturated heterocycles. The molecule has 0 aliphatic rings. The number of benzene rings is 2. The van der Waals surface area contributed by atoms with Gasteiger partial charge in [-0.15, -0.1) is 0 Å². The Morgan fingerprint density at radius 2 is 1.79 bits per heavy atom. The molecule has 0 aliphatic carbocycles. The van der Waals surface area contributed by atoms with Crippen molar-refractivity contribution in [3.05, 3.63) is 90.0 Å². The topological polar surface area (TPSA) is 76.1 Å². The minimum Gasteiger partial charge on any atom is -0.326 e. The normalized spacial score (nSPS) is 11.5. The molecule has 0 aliphatic heterocycles. The number of sulfone groups is 1. The Labute approximate surface area is 168 Å². The van der Waals surface area contributed by atoms with Gasteiger partial charge in [-0.05, 0) is 60.2 Å². The number of nitrogens with one attached hydrogen (secondary N) is 1. The highest BCUT2D eigenvalue weighted by atomic mass is 32.2. The van der Waals surface area contributed by atoms with Crippen molar-refractivity contribution in [3.63, 3.8) is 0 Å². The van der Waals surface area contributed by atoms with Crippen LogP contribution in [0.2, 0.25) is 0 Å². The van der Waals surface area contributed by atoms with Gasteiger partial charge in [0.2, 0.25) is 5.91 Å². The lowest BCUT2D eigenvalue weighted by Crippen LogP contribution is -2.17. The van der Waals surface area contributed by atoms with Gasteiger partial charge < -0.3 is 5.32 Å². The molecule has 0 saturated carbocycles. The maximum atomic E-state index is 12.9. The molecule has 3 aromatic rings. The van der Waals surface area contributed by atoms with Gasteiger partial charge in [0, 0.05) is 18.3 Å². The molecule has 0 atom stereocenters. The average molecular weight is 410 g/mol. The number of carbonyl (C=O) groups is 1. The molecule has 1 N–H and O–H groups in total. The molecular weight excluding hydrogens is 391 g/mol. The van der Waals surface area contributed by atoms with E-state index in [1.807, 2.05) is 36.4 Å². The van der Waals surface area contributed by atoms with Crippen molar-refractivity contribution in [3.8, 4) is 0 Å². The fraction of sp³-hybridized carbons (Fsp3) is 0.0909. The van der Waals surface area contributed by atoms with Gasteiger partial charge in [0.05, 0.1) is 16.3 Å². The van der Waals surface area contributed by atoms with Crippen LogP contribution in [0.15, 0.2) is 77.8 Å². The van der Waals surface area contributed by atoms with E-state index >= 15 is 0 Å². The quantitative estimate of drug-likeness (QED) is 0.593. The number of anilines is 1. The number of hydrogen-bond acceptors (Lipinski definition) is 4. The highest BCUT2D eigenvalue weighted by Crippen LogP contribution is 2.16. The smallest absolute Gasteiger partial charge is 0.225 e. The van der Waals surface area contributed by atoms with E-state index in [0.717, 1.165) is 23.4 Å². The molecule has 7 heteroatoms. The Kier molecular flexibility index (Phi) is 6.51. The van der Waals surface area contributed by atoms with E-state index in [2.05, 4.69) is 10.3 Å². The Balaban J connectivity index is 1.59. The Morgan fingerprint density at radius 3 is 2.52 bits per heavy atom. The molecule has 3 rings (SSSR count). The molecule has 1 heterocycles. The SMILES string of the molecule is O=C(CCS(=O)(=O)c1ccc(F)cc1)Nc1cccc(/C=C/c2ccccn2)c1. The summed E-state index contributed by atoms with van der Waals surface area (Å²) in [6.45, 7) is 0. The molecule has 0 unspecified atom stereocenters. The fourth-order valence-electron chi connectivity index (χ4n) is 2.59. The summed E-state index contributed by atoms with van der Waals surface area (Å²) in [4.78, 5) is 16.4. The van der Waals surface area contributed by atoms with Crippen LogP contribution in [-0.4, -0.2) is 25.1 Å². The third-order valence-electron chi connectivity index (χ3n) is 4.08. The van der Waals surface area contributed by atoms with E-state index in [1.54, 1.807) is 24.4 Å². The average Bonchev–Trinajstić information content (AvgIpc) is 2.72. The Bertz CT molecular complexity index is 1110. The summed E-state index contributed by atoms with van der Waals surface area (Å²) in [6, 6.07) is 17.3. The number of amides is 1. The van der Waals surface area contributed by atoms with Gasteiger partial charge in [0.25, 0.3) is 0 Å². The first-order valence-corrected chi connectivity index (χ1v) is 10.5. The second-order valence-corrected chi connectivity index (χ2v) is 8.39. The summed E-state index contributed by atoms with van der Waals surface area (Å²) in [6.07, 6.45) is 5.23. The van der Waals surface area contributed by atoms with Gasteiger partial charge in [-0.2, -0.15) is 0 Å². The van der Waals surface area contributed by atoms with E-state index in [1.165, 1.54) is 12.1 Å². The lowest BCUT2D eigenvalue weighted by atomic mass is 10.1. The van der Waals surface area contributed by atoms with Crippen molar-refractivity contribution in [2.45, 2.75) is 11.3 Å². The summed E-state index contributed by atoms with van der Waals surface area (Å²) in [5.74, 6) is -1.29. The summed E-state index contributed by atoms with van der Waals surface area (Å²) < 4.78 is 37.5. The number of nitrogens with zero attached hydrogens (tertiary/aromatic N) is 1. The van der Waals surface area contributed by atoms with Gasteiger partial charge >= 0.3 is 0 Å². The van der Waals surface area contributed by atoms with Crippen LogP contribution in [0.1, 0.15) is 17.7 Å². The zero-order valence-electron chi connectivity index (χ0n) is 15.5. The number of hydrogen-bond donors (Lipinski definition) is 1. The van der Waals surface area contributed by atoms with Gasteiger partial charge in [-0.1, -0.05) is 24.3 Å².